The molecule has 4 heteroatoms. The van der Waals surface area contributed by atoms with E-state index in [0.717, 1.165) is 32.1 Å². The number of rotatable bonds is 15. The van der Waals surface area contributed by atoms with Gasteiger partial charge in [-0.25, -0.2) is 0 Å². The van der Waals surface area contributed by atoms with Gasteiger partial charge in [-0.3, -0.25) is 0 Å². The van der Waals surface area contributed by atoms with Gasteiger partial charge in [0.15, 0.2) is 0 Å². The van der Waals surface area contributed by atoms with Gasteiger partial charge in [-0.1, -0.05) is 70.4 Å². The van der Waals surface area contributed by atoms with Crippen molar-refractivity contribution in [1.82, 2.24) is 0 Å². The van der Waals surface area contributed by atoms with Crippen molar-refractivity contribution in [3.05, 3.63) is 12.2 Å². The molecular weight excluding hydrogens is 303 g/mol. The molecule has 0 aliphatic rings. The molecular formula is C18H33KO3. The molecule has 0 aromatic rings. The van der Waals surface area contributed by atoms with Gasteiger partial charge < -0.3 is 15.0 Å². The van der Waals surface area contributed by atoms with Gasteiger partial charge in [0.1, 0.15) is 0 Å². The zero-order chi connectivity index (χ0) is 15.8. The molecule has 0 aliphatic heterocycles. The molecule has 0 fully saturated rings. The Kier molecular flexibility index (Phi) is 22.6. The third kappa shape index (κ3) is 20.8. The van der Waals surface area contributed by atoms with Crippen molar-refractivity contribution in [3.63, 3.8) is 0 Å². The minimum Gasteiger partial charge on any atom is -0.550 e. The van der Waals surface area contributed by atoms with Gasteiger partial charge in [0.2, 0.25) is 0 Å². The number of aliphatic carboxylic acids is 1. The fraction of sp³-hybridized carbons (Fsp3) is 0.833. The molecule has 0 heterocycles. The molecule has 0 amide bonds. The summed E-state index contributed by atoms with van der Waals surface area (Å²) in [7, 11) is 0. The Hall–Kier alpha value is 0.806. The summed E-state index contributed by atoms with van der Waals surface area (Å²) in [6.07, 6.45) is 17.0. The van der Waals surface area contributed by atoms with E-state index < -0.39 is 5.97 Å². The van der Waals surface area contributed by atoms with E-state index in [9.17, 15) is 15.0 Å². The van der Waals surface area contributed by atoms with Gasteiger partial charge in [0.25, 0.3) is 0 Å². The summed E-state index contributed by atoms with van der Waals surface area (Å²) < 4.78 is 0. The van der Waals surface area contributed by atoms with Crippen LogP contribution in [-0.2, 0) is 4.79 Å². The molecule has 0 spiro atoms. The van der Waals surface area contributed by atoms with Crippen LogP contribution in [0.2, 0.25) is 0 Å². The summed E-state index contributed by atoms with van der Waals surface area (Å²) in [5.41, 5.74) is 0. The fourth-order valence-corrected chi connectivity index (χ4v) is 2.37. The van der Waals surface area contributed by atoms with Crippen LogP contribution in [0.15, 0.2) is 12.2 Å². The standard InChI is InChI=1S/C18H34O3.K/c1-2-3-4-5-6-7-8-11-14-17(19)15-12-9-10-13-16-18(20)21;/h11,14,17,19H,2-10,12-13,15-16H2,1H3,(H,20,21);/q;+1/p-1/b14-11-;. The molecule has 0 saturated carbocycles. The van der Waals surface area contributed by atoms with Crippen LogP contribution in [0.25, 0.3) is 0 Å². The van der Waals surface area contributed by atoms with Gasteiger partial charge in [0, 0.05) is 5.97 Å². The van der Waals surface area contributed by atoms with Crippen LogP contribution in [0.1, 0.15) is 90.4 Å². The van der Waals surface area contributed by atoms with Gasteiger partial charge in [-0.2, -0.15) is 0 Å². The molecule has 0 aromatic carbocycles. The second-order valence-electron chi connectivity index (χ2n) is 5.88. The van der Waals surface area contributed by atoms with Crippen molar-refractivity contribution in [2.45, 2.75) is 96.5 Å². The number of hydrogen-bond acceptors (Lipinski definition) is 3. The number of hydrogen-bond donors (Lipinski definition) is 1. The second kappa shape index (κ2) is 19.9. The minimum absolute atomic E-state index is 0. The maximum atomic E-state index is 10.2. The Morgan fingerprint density at radius 1 is 1.00 bits per heavy atom. The molecule has 3 nitrogen and oxygen atoms in total. The quantitative estimate of drug-likeness (QED) is 0.273. The van der Waals surface area contributed by atoms with Crippen molar-refractivity contribution in [3.8, 4) is 0 Å². The van der Waals surface area contributed by atoms with E-state index in [-0.39, 0.29) is 63.9 Å². The van der Waals surface area contributed by atoms with Crippen molar-refractivity contribution in [1.29, 1.82) is 0 Å². The first kappa shape index (κ1) is 25.1. The third-order valence-electron chi connectivity index (χ3n) is 3.71. The molecule has 0 bridgehead atoms. The summed E-state index contributed by atoms with van der Waals surface area (Å²) >= 11 is 0. The second-order valence-corrected chi connectivity index (χ2v) is 5.88. The number of aliphatic hydroxyl groups is 1. The average Bonchev–Trinajstić information content (AvgIpc) is 2.45. The number of unbranched alkanes of at least 4 members (excludes halogenated alkanes) is 9. The van der Waals surface area contributed by atoms with E-state index in [1.165, 1.54) is 38.5 Å². The molecule has 0 aromatic heterocycles. The SMILES string of the molecule is CCCCCCCC/C=C\C(O)CCCCCCC(=O)[O-].[K+]. The normalized spacial score (nSPS) is 12.3. The predicted octanol–water partition coefficient (Wildman–Crippen LogP) is 0.749. The van der Waals surface area contributed by atoms with Crippen molar-refractivity contribution in [2.75, 3.05) is 0 Å². The first-order chi connectivity index (χ1) is 10.2. The molecule has 0 rings (SSSR count). The average molecular weight is 337 g/mol. The Morgan fingerprint density at radius 2 is 1.59 bits per heavy atom. The third-order valence-corrected chi connectivity index (χ3v) is 3.71. The van der Waals surface area contributed by atoms with Crippen molar-refractivity contribution >= 4 is 5.97 Å². The van der Waals surface area contributed by atoms with Crippen molar-refractivity contribution < 1.29 is 66.4 Å². The first-order valence-corrected chi connectivity index (χ1v) is 8.71. The van der Waals surface area contributed by atoms with E-state index in [0.29, 0.717) is 6.42 Å². The zero-order valence-electron chi connectivity index (χ0n) is 14.7. The molecule has 1 unspecified atom stereocenters. The van der Waals surface area contributed by atoms with Crippen LogP contribution in [0.3, 0.4) is 0 Å². The Morgan fingerprint density at radius 3 is 2.27 bits per heavy atom. The van der Waals surface area contributed by atoms with Crippen LogP contribution in [0.5, 0.6) is 0 Å². The molecule has 0 aliphatic carbocycles. The number of allylic oxidation sites excluding steroid dienone is 1. The Balaban J connectivity index is 0. The van der Waals surface area contributed by atoms with E-state index in [1.807, 2.05) is 6.08 Å². The van der Waals surface area contributed by atoms with E-state index >= 15 is 0 Å². The fourth-order valence-electron chi connectivity index (χ4n) is 2.37. The number of carboxylic acids is 1. The molecule has 124 valence electrons. The number of aliphatic hydroxyl groups excluding tert-OH is 1. The number of carbonyl (C=O) groups excluding carboxylic acids is 1. The summed E-state index contributed by atoms with van der Waals surface area (Å²) in [4.78, 5) is 10.2. The van der Waals surface area contributed by atoms with E-state index in [2.05, 4.69) is 13.0 Å². The Bertz CT molecular complexity index is 267. The summed E-state index contributed by atoms with van der Waals surface area (Å²) in [5, 5.41) is 20.0. The summed E-state index contributed by atoms with van der Waals surface area (Å²) in [6, 6.07) is 0. The van der Waals surface area contributed by atoms with Crippen molar-refractivity contribution in [2.24, 2.45) is 0 Å². The van der Waals surface area contributed by atoms with Gasteiger partial charge >= 0.3 is 51.4 Å². The van der Waals surface area contributed by atoms with Gasteiger partial charge in [-0.05, 0) is 32.1 Å². The van der Waals surface area contributed by atoms with Crippen LogP contribution in [0, 0.1) is 0 Å². The summed E-state index contributed by atoms with van der Waals surface area (Å²) in [5.74, 6) is -0.965. The molecule has 0 radical (unpaired) electrons. The Labute approximate surface area is 179 Å². The summed E-state index contributed by atoms with van der Waals surface area (Å²) in [6.45, 7) is 2.23. The van der Waals surface area contributed by atoms with E-state index in [4.69, 9.17) is 0 Å². The predicted molar refractivity (Wildman–Crippen MR) is 85.8 cm³/mol. The van der Waals surface area contributed by atoms with Crippen LogP contribution >= 0.6 is 0 Å². The number of carbonyl (C=O) groups is 1. The van der Waals surface area contributed by atoms with Crippen LogP contribution in [0.4, 0.5) is 0 Å². The molecule has 22 heavy (non-hydrogen) atoms. The smallest absolute Gasteiger partial charge is 0.550 e. The minimum atomic E-state index is -0.965. The zero-order valence-corrected chi connectivity index (χ0v) is 17.8. The van der Waals surface area contributed by atoms with Crippen LogP contribution in [-0.4, -0.2) is 17.2 Å². The number of carboxylic acid groups (broad SMARTS) is 1. The van der Waals surface area contributed by atoms with E-state index in [1.54, 1.807) is 0 Å². The topological polar surface area (TPSA) is 60.4 Å². The largest absolute Gasteiger partial charge is 1.00 e. The van der Waals surface area contributed by atoms with Gasteiger partial charge in [0.05, 0.1) is 6.10 Å². The molecule has 1 atom stereocenters. The maximum absolute atomic E-state index is 10.2. The first-order valence-electron chi connectivity index (χ1n) is 8.71. The molecule has 1 N–H and O–H groups in total. The van der Waals surface area contributed by atoms with Crippen LogP contribution < -0.4 is 56.5 Å². The maximum Gasteiger partial charge on any atom is 1.00 e. The van der Waals surface area contributed by atoms with Gasteiger partial charge in [-0.15, -0.1) is 0 Å². The molecule has 0 saturated heterocycles. The monoisotopic (exact) mass is 336 g/mol.